The first kappa shape index (κ1) is 14.2. The number of hydrogen-bond donors (Lipinski definition) is 1. The third-order valence-corrected chi connectivity index (χ3v) is 4.83. The van der Waals surface area contributed by atoms with Gasteiger partial charge in [0.15, 0.2) is 0 Å². The highest BCUT2D eigenvalue weighted by Crippen LogP contribution is 2.39. The van der Waals surface area contributed by atoms with Gasteiger partial charge in [-0.15, -0.1) is 0 Å². The van der Waals surface area contributed by atoms with E-state index < -0.39 is 11.4 Å². The van der Waals surface area contributed by atoms with E-state index in [9.17, 15) is 14.7 Å². The molecule has 1 aliphatic heterocycles. The molecule has 1 aromatic carbocycles. The largest absolute Gasteiger partial charge is 0.462 e. The van der Waals surface area contributed by atoms with Crippen LogP contribution in [0, 0.1) is 0 Å². The van der Waals surface area contributed by atoms with Crippen molar-refractivity contribution in [2.24, 2.45) is 0 Å². The normalized spacial score (nSPS) is 20.5. The fourth-order valence-electron chi connectivity index (χ4n) is 2.52. The van der Waals surface area contributed by atoms with E-state index >= 15 is 0 Å². The van der Waals surface area contributed by atoms with Crippen LogP contribution in [0.1, 0.15) is 30.2 Å². The van der Waals surface area contributed by atoms with E-state index in [0.717, 1.165) is 10.4 Å². The molecule has 3 rings (SSSR count). The molecule has 0 aliphatic carbocycles. The minimum atomic E-state index is -0.626. The molecule has 2 heterocycles. The fourth-order valence-corrected chi connectivity index (χ4v) is 3.59. The molecule has 0 saturated heterocycles. The molecule has 2 atom stereocenters. The van der Waals surface area contributed by atoms with Crippen LogP contribution in [0.2, 0.25) is 0 Å². The minimum Gasteiger partial charge on any atom is -0.462 e. The Morgan fingerprint density at radius 2 is 2.24 bits per heavy atom. The van der Waals surface area contributed by atoms with Gasteiger partial charge >= 0.3 is 5.97 Å². The lowest BCUT2D eigenvalue weighted by Crippen LogP contribution is -2.28. The van der Waals surface area contributed by atoms with Gasteiger partial charge in [-0.3, -0.25) is 4.79 Å². The van der Waals surface area contributed by atoms with Gasteiger partial charge in [-0.05, 0) is 26.0 Å². The van der Waals surface area contributed by atoms with Crippen LogP contribution >= 0.6 is 11.8 Å². The molecule has 0 radical (unpaired) electrons. The molecule has 6 heteroatoms. The topological polar surface area (TPSA) is 68.5 Å². The lowest BCUT2D eigenvalue weighted by Gasteiger charge is -2.30. The molecule has 1 aliphatic rings. The van der Waals surface area contributed by atoms with E-state index in [2.05, 4.69) is 0 Å². The van der Waals surface area contributed by atoms with Crippen LogP contribution < -0.4 is 5.43 Å². The first-order chi connectivity index (χ1) is 10.0. The first-order valence-electron chi connectivity index (χ1n) is 6.74. The molecular formula is C15H15NO4S. The highest BCUT2D eigenvalue weighted by atomic mass is 32.2. The van der Waals surface area contributed by atoms with Gasteiger partial charge in [-0.1, -0.05) is 17.8 Å². The number of aromatic nitrogens is 1. The van der Waals surface area contributed by atoms with Gasteiger partial charge < -0.3 is 14.4 Å². The van der Waals surface area contributed by atoms with E-state index in [0.29, 0.717) is 5.39 Å². The number of benzene rings is 1. The monoisotopic (exact) mass is 305 g/mol. The Morgan fingerprint density at radius 3 is 2.95 bits per heavy atom. The van der Waals surface area contributed by atoms with Crippen molar-refractivity contribution in [1.29, 1.82) is 0 Å². The number of ether oxygens (including phenoxy) is 1. The summed E-state index contributed by atoms with van der Waals surface area (Å²) in [5.41, 5.74) is -0.183. The summed E-state index contributed by atoms with van der Waals surface area (Å²) < 4.78 is 6.74. The van der Waals surface area contributed by atoms with Gasteiger partial charge in [-0.25, -0.2) is 4.79 Å². The molecule has 0 saturated carbocycles. The van der Waals surface area contributed by atoms with Crippen LogP contribution in [0.3, 0.4) is 0 Å². The maximum Gasteiger partial charge on any atom is 0.343 e. The second kappa shape index (κ2) is 5.20. The van der Waals surface area contributed by atoms with Gasteiger partial charge in [0.2, 0.25) is 5.43 Å². The molecule has 5 nitrogen and oxygen atoms in total. The molecule has 21 heavy (non-hydrogen) atoms. The van der Waals surface area contributed by atoms with Crippen molar-refractivity contribution >= 4 is 28.6 Å². The molecule has 0 spiro atoms. The van der Waals surface area contributed by atoms with Crippen molar-refractivity contribution in [2.45, 2.75) is 30.2 Å². The number of thioether (sulfide) groups is 1. The van der Waals surface area contributed by atoms with Crippen LogP contribution in [-0.2, 0) is 4.74 Å². The molecule has 2 unspecified atom stereocenters. The molecule has 1 aromatic heterocycles. The Labute approximate surface area is 125 Å². The average Bonchev–Trinajstić information content (AvgIpc) is 2.46. The number of carbonyl (C=O) groups excluding carboxylic acids is 1. The number of aliphatic hydroxyl groups excluding tert-OH is 1. The SMILES string of the molecule is CCOC(=O)c1cn2c3c(cccc3c1=O)SC(O)C2C. The smallest absolute Gasteiger partial charge is 0.343 e. The zero-order valence-electron chi connectivity index (χ0n) is 11.7. The van der Waals surface area contributed by atoms with Gasteiger partial charge in [0.1, 0.15) is 11.0 Å². The van der Waals surface area contributed by atoms with Crippen molar-refractivity contribution in [1.82, 2.24) is 4.57 Å². The zero-order valence-corrected chi connectivity index (χ0v) is 12.5. The number of carbonyl (C=O) groups is 1. The van der Waals surface area contributed by atoms with Gasteiger partial charge in [0.25, 0.3) is 0 Å². The standard InChI is InChI=1S/C15H15NO4S/c1-3-20-14(18)10-7-16-8(2)15(19)21-11-6-4-5-9(12(11)16)13(10)17/h4-8,15,19H,3H2,1-2H3. The predicted octanol–water partition coefficient (Wildman–Crippen LogP) is 2.16. The van der Waals surface area contributed by atoms with E-state index in [1.807, 2.05) is 13.0 Å². The van der Waals surface area contributed by atoms with Gasteiger partial charge in [0.05, 0.1) is 18.2 Å². The number of nitrogens with zero attached hydrogens (tertiary/aromatic N) is 1. The lowest BCUT2D eigenvalue weighted by atomic mass is 10.1. The highest BCUT2D eigenvalue weighted by molar-refractivity contribution is 8.00. The number of rotatable bonds is 2. The molecule has 2 aromatic rings. The van der Waals surface area contributed by atoms with Crippen LogP contribution in [0.25, 0.3) is 10.9 Å². The van der Waals surface area contributed by atoms with Crippen LogP contribution in [0.5, 0.6) is 0 Å². The fraction of sp³-hybridized carbons (Fsp3) is 0.333. The maximum absolute atomic E-state index is 12.5. The second-order valence-corrected chi connectivity index (χ2v) is 6.06. The van der Waals surface area contributed by atoms with E-state index in [1.54, 1.807) is 23.6 Å². The third-order valence-electron chi connectivity index (χ3n) is 3.61. The molecule has 0 bridgehead atoms. The molecule has 0 amide bonds. The zero-order chi connectivity index (χ0) is 15.1. The third kappa shape index (κ3) is 2.15. The summed E-state index contributed by atoms with van der Waals surface area (Å²) in [5, 5.41) is 10.6. The van der Waals surface area contributed by atoms with Crippen molar-refractivity contribution in [3.05, 3.63) is 40.2 Å². The quantitative estimate of drug-likeness (QED) is 0.861. The van der Waals surface area contributed by atoms with Crippen LogP contribution in [-0.4, -0.2) is 27.7 Å². The molecule has 110 valence electrons. The van der Waals surface area contributed by atoms with Crippen molar-refractivity contribution in [3.8, 4) is 0 Å². The van der Waals surface area contributed by atoms with Crippen molar-refractivity contribution in [3.63, 3.8) is 0 Å². The molecule has 0 fully saturated rings. The summed E-state index contributed by atoms with van der Waals surface area (Å²) in [4.78, 5) is 25.3. The van der Waals surface area contributed by atoms with E-state index in [1.165, 1.54) is 18.0 Å². The number of aliphatic hydroxyl groups is 1. The maximum atomic E-state index is 12.5. The number of hydrogen-bond acceptors (Lipinski definition) is 5. The minimum absolute atomic E-state index is 0.00690. The van der Waals surface area contributed by atoms with Crippen LogP contribution in [0.15, 0.2) is 34.1 Å². The predicted molar refractivity (Wildman–Crippen MR) is 80.7 cm³/mol. The van der Waals surface area contributed by atoms with Crippen molar-refractivity contribution in [2.75, 3.05) is 6.61 Å². The highest BCUT2D eigenvalue weighted by Gasteiger charge is 2.28. The first-order valence-corrected chi connectivity index (χ1v) is 7.62. The Hall–Kier alpha value is -1.79. The Balaban J connectivity index is 2.34. The number of esters is 1. The van der Waals surface area contributed by atoms with Crippen LogP contribution in [0.4, 0.5) is 0 Å². The Bertz CT molecular complexity index is 783. The second-order valence-electron chi connectivity index (χ2n) is 4.90. The summed E-state index contributed by atoms with van der Waals surface area (Å²) in [7, 11) is 0. The lowest BCUT2D eigenvalue weighted by molar-refractivity contribution is 0.0523. The van der Waals surface area contributed by atoms with E-state index in [4.69, 9.17) is 4.74 Å². The van der Waals surface area contributed by atoms with E-state index in [-0.39, 0.29) is 23.6 Å². The summed E-state index contributed by atoms with van der Waals surface area (Å²) in [6.45, 7) is 3.76. The summed E-state index contributed by atoms with van der Waals surface area (Å²) >= 11 is 1.33. The summed E-state index contributed by atoms with van der Waals surface area (Å²) in [5.74, 6) is -0.626. The average molecular weight is 305 g/mol. The number of pyridine rings is 1. The molecular weight excluding hydrogens is 290 g/mol. The van der Waals surface area contributed by atoms with Crippen molar-refractivity contribution < 1.29 is 14.6 Å². The molecule has 1 N–H and O–H groups in total. The Kier molecular flexibility index (Phi) is 3.51. The number of para-hydroxylation sites is 1. The van der Waals surface area contributed by atoms with Gasteiger partial charge in [0, 0.05) is 16.5 Å². The van der Waals surface area contributed by atoms with Gasteiger partial charge in [-0.2, -0.15) is 0 Å². The summed E-state index contributed by atoms with van der Waals surface area (Å²) in [6, 6.07) is 5.09. The Morgan fingerprint density at radius 1 is 1.48 bits per heavy atom. The summed E-state index contributed by atoms with van der Waals surface area (Å²) in [6.07, 6.45) is 1.50.